The Hall–Kier alpha value is -2.11. The van der Waals surface area contributed by atoms with Gasteiger partial charge in [-0.05, 0) is 19.3 Å². The summed E-state index contributed by atoms with van der Waals surface area (Å²) in [5, 5.41) is 6.61. The number of hydrogen-bond acceptors (Lipinski definition) is 4. The number of amides is 1. The average molecular weight is 260 g/mol. The molecule has 0 aromatic carbocycles. The Labute approximate surface area is 110 Å². The quantitative estimate of drug-likeness (QED) is 0.899. The van der Waals surface area contributed by atoms with E-state index in [4.69, 9.17) is 4.52 Å². The van der Waals surface area contributed by atoms with E-state index in [1.165, 1.54) is 0 Å². The van der Waals surface area contributed by atoms with Crippen molar-refractivity contribution in [1.29, 1.82) is 0 Å². The summed E-state index contributed by atoms with van der Waals surface area (Å²) in [7, 11) is 0. The van der Waals surface area contributed by atoms with Gasteiger partial charge in [-0.2, -0.15) is 0 Å². The summed E-state index contributed by atoms with van der Waals surface area (Å²) in [6.45, 7) is 3.39. The number of imidazole rings is 1. The van der Waals surface area contributed by atoms with E-state index < -0.39 is 0 Å². The van der Waals surface area contributed by atoms with Crippen LogP contribution in [0.1, 0.15) is 28.5 Å². The molecule has 1 unspecified atom stereocenters. The van der Waals surface area contributed by atoms with Gasteiger partial charge in [0.15, 0.2) is 5.69 Å². The highest BCUT2D eigenvalue weighted by molar-refractivity contribution is 5.92. The van der Waals surface area contributed by atoms with E-state index in [1.807, 2.05) is 12.4 Å². The summed E-state index contributed by atoms with van der Waals surface area (Å²) in [6.07, 6.45) is 5.80. The minimum Gasteiger partial charge on any atom is -0.361 e. The number of rotatable bonds is 3. The lowest BCUT2D eigenvalue weighted by molar-refractivity contribution is 0.0935. The van der Waals surface area contributed by atoms with Gasteiger partial charge in [0, 0.05) is 38.0 Å². The summed E-state index contributed by atoms with van der Waals surface area (Å²) in [5.74, 6) is 2.00. The molecule has 0 fully saturated rings. The van der Waals surface area contributed by atoms with Crippen LogP contribution in [0.2, 0.25) is 0 Å². The topological polar surface area (TPSA) is 73.0 Å². The van der Waals surface area contributed by atoms with Crippen molar-refractivity contribution in [2.75, 3.05) is 6.54 Å². The highest BCUT2D eigenvalue weighted by Crippen LogP contribution is 2.18. The van der Waals surface area contributed by atoms with Crippen LogP contribution in [0.4, 0.5) is 0 Å². The summed E-state index contributed by atoms with van der Waals surface area (Å²) in [6, 6.07) is 1.64. The summed E-state index contributed by atoms with van der Waals surface area (Å²) in [5.41, 5.74) is 0.342. The zero-order valence-electron chi connectivity index (χ0n) is 10.8. The van der Waals surface area contributed by atoms with E-state index in [-0.39, 0.29) is 5.91 Å². The minimum absolute atomic E-state index is 0.175. The highest BCUT2D eigenvalue weighted by Gasteiger charge is 2.20. The maximum atomic E-state index is 11.8. The van der Waals surface area contributed by atoms with Crippen LogP contribution < -0.4 is 5.32 Å². The molecule has 2 aromatic heterocycles. The Balaban J connectivity index is 1.55. The van der Waals surface area contributed by atoms with Gasteiger partial charge in [0.2, 0.25) is 0 Å². The van der Waals surface area contributed by atoms with Crippen molar-refractivity contribution in [3.8, 4) is 0 Å². The van der Waals surface area contributed by atoms with Crippen LogP contribution in [0.5, 0.6) is 0 Å². The summed E-state index contributed by atoms with van der Waals surface area (Å²) < 4.78 is 7.06. The van der Waals surface area contributed by atoms with Crippen LogP contribution in [0.25, 0.3) is 0 Å². The fraction of sp³-hybridized carbons (Fsp3) is 0.462. The molecule has 2 aromatic rings. The zero-order valence-corrected chi connectivity index (χ0v) is 10.8. The largest absolute Gasteiger partial charge is 0.361 e. The molecule has 100 valence electrons. The van der Waals surface area contributed by atoms with Crippen LogP contribution in [-0.2, 0) is 13.0 Å². The molecule has 1 atom stereocenters. The molecule has 0 saturated heterocycles. The highest BCUT2D eigenvalue weighted by atomic mass is 16.5. The van der Waals surface area contributed by atoms with Crippen LogP contribution in [0, 0.1) is 12.8 Å². The van der Waals surface area contributed by atoms with Crippen molar-refractivity contribution in [1.82, 2.24) is 20.0 Å². The number of nitrogens with zero attached hydrogens (tertiary/aromatic N) is 3. The minimum atomic E-state index is -0.175. The van der Waals surface area contributed by atoms with Crippen molar-refractivity contribution < 1.29 is 9.32 Å². The molecule has 0 spiro atoms. The third kappa shape index (κ3) is 2.52. The number of aromatic nitrogens is 3. The first-order valence-corrected chi connectivity index (χ1v) is 6.44. The zero-order chi connectivity index (χ0) is 13.2. The van der Waals surface area contributed by atoms with Crippen molar-refractivity contribution in [2.45, 2.75) is 26.3 Å². The van der Waals surface area contributed by atoms with Gasteiger partial charge in [-0.25, -0.2) is 4.98 Å². The van der Waals surface area contributed by atoms with Crippen LogP contribution in [-0.4, -0.2) is 27.2 Å². The lowest BCUT2D eigenvalue weighted by atomic mass is 9.98. The van der Waals surface area contributed by atoms with Crippen molar-refractivity contribution >= 4 is 5.91 Å². The second-order valence-electron chi connectivity index (χ2n) is 4.93. The molecular formula is C13H16N4O2. The molecule has 0 bridgehead atoms. The molecule has 0 radical (unpaired) electrons. The third-order valence-electron chi connectivity index (χ3n) is 3.46. The second kappa shape index (κ2) is 4.87. The normalized spacial score (nSPS) is 18.1. The number of nitrogens with one attached hydrogen (secondary N) is 1. The fourth-order valence-corrected chi connectivity index (χ4v) is 2.39. The first kappa shape index (κ1) is 12.0. The first-order valence-electron chi connectivity index (χ1n) is 6.44. The molecule has 1 amide bonds. The van der Waals surface area contributed by atoms with Gasteiger partial charge in [0.05, 0.1) is 0 Å². The van der Waals surface area contributed by atoms with E-state index in [0.29, 0.717) is 23.9 Å². The smallest absolute Gasteiger partial charge is 0.273 e. The van der Waals surface area contributed by atoms with Gasteiger partial charge in [-0.3, -0.25) is 4.79 Å². The van der Waals surface area contributed by atoms with Gasteiger partial charge in [-0.15, -0.1) is 0 Å². The Morgan fingerprint density at radius 2 is 2.53 bits per heavy atom. The maximum Gasteiger partial charge on any atom is 0.273 e. The third-order valence-corrected chi connectivity index (χ3v) is 3.46. The molecule has 1 N–H and O–H groups in total. The number of carbonyl (C=O) groups is 1. The number of carbonyl (C=O) groups excluding carboxylic acids is 1. The lowest BCUT2D eigenvalue weighted by Crippen LogP contribution is -2.33. The molecule has 3 heterocycles. The van der Waals surface area contributed by atoms with Gasteiger partial charge >= 0.3 is 0 Å². The van der Waals surface area contributed by atoms with Gasteiger partial charge in [0.1, 0.15) is 11.6 Å². The van der Waals surface area contributed by atoms with E-state index in [0.717, 1.165) is 25.2 Å². The number of aryl methyl sites for hydroxylation is 2. The van der Waals surface area contributed by atoms with Gasteiger partial charge in [0.25, 0.3) is 5.91 Å². The molecule has 19 heavy (non-hydrogen) atoms. The predicted molar refractivity (Wildman–Crippen MR) is 67.6 cm³/mol. The Kier molecular flexibility index (Phi) is 3.06. The average Bonchev–Trinajstić information content (AvgIpc) is 3.03. The first-order chi connectivity index (χ1) is 9.22. The number of fused-ring (bicyclic) bond motifs is 1. The van der Waals surface area contributed by atoms with Crippen LogP contribution in [0.3, 0.4) is 0 Å². The van der Waals surface area contributed by atoms with Crippen LogP contribution >= 0.6 is 0 Å². The fourth-order valence-electron chi connectivity index (χ4n) is 2.39. The molecule has 1 aliphatic heterocycles. The molecule has 3 rings (SSSR count). The van der Waals surface area contributed by atoms with E-state index in [2.05, 4.69) is 20.0 Å². The SMILES string of the molecule is Cc1cc(C(=O)NCC2CCn3ccnc3C2)no1. The Morgan fingerprint density at radius 3 is 3.32 bits per heavy atom. The molecule has 0 aliphatic carbocycles. The summed E-state index contributed by atoms with van der Waals surface area (Å²) in [4.78, 5) is 16.2. The predicted octanol–water partition coefficient (Wildman–Crippen LogP) is 1.17. The molecule has 1 aliphatic rings. The maximum absolute atomic E-state index is 11.8. The van der Waals surface area contributed by atoms with Crippen molar-refractivity contribution in [3.05, 3.63) is 35.7 Å². The lowest BCUT2D eigenvalue weighted by Gasteiger charge is -2.23. The standard InChI is InChI=1S/C13H16N4O2/c1-9-6-11(16-19-9)13(18)15-8-10-2-4-17-5-3-14-12(17)7-10/h3,5-6,10H,2,4,7-8H2,1H3,(H,15,18). The van der Waals surface area contributed by atoms with Crippen molar-refractivity contribution in [3.63, 3.8) is 0 Å². The van der Waals surface area contributed by atoms with Crippen LogP contribution in [0.15, 0.2) is 23.0 Å². The molecule has 6 heteroatoms. The van der Waals surface area contributed by atoms with E-state index >= 15 is 0 Å². The Morgan fingerprint density at radius 1 is 1.63 bits per heavy atom. The monoisotopic (exact) mass is 260 g/mol. The van der Waals surface area contributed by atoms with E-state index in [1.54, 1.807) is 13.0 Å². The molecule has 6 nitrogen and oxygen atoms in total. The molecule has 0 saturated carbocycles. The summed E-state index contributed by atoms with van der Waals surface area (Å²) >= 11 is 0. The second-order valence-corrected chi connectivity index (χ2v) is 4.93. The van der Waals surface area contributed by atoms with Crippen molar-refractivity contribution in [2.24, 2.45) is 5.92 Å². The van der Waals surface area contributed by atoms with E-state index in [9.17, 15) is 4.79 Å². The Bertz CT molecular complexity index is 587. The number of hydrogen-bond donors (Lipinski definition) is 1. The van der Waals surface area contributed by atoms with Gasteiger partial charge < -0.3 is 14.4 Å². The molecular weight excluding hydrogens is 244 g/mol. The van der Waals surface area contributed by atoms with Gasteiger partial charge in [-0.1, -0.05) is 5.16 Å².